The minimum absolute atomic E-state index is 0.0683. The van der Waals surface area contributed by atoms with Crippen LogP contribution in [0.2, 0.25) is 0 Å². The Morgan fingerprint density at radius 3 is 2.93 bits per heavy atom. The van der Waals surface area contributed by atoms with Crippen LogP contribution in [0, 0.1) is 10.1 Å². The van der Waals surface area contributed by atoms with Gasteiger partial charge in [-0.05, 0) is 6.07 Å². The highest BCUT2D eigenvalue weighted by Gasteiger charge is 2.18. The number of aliphatic imine (C=N–C) groups is 1. The van der Waals surface area contributed by atoms with E-state index >= 15 is 0 Å². The average molecular weight is 208 g/mol. The van der Waals surface area contributed by atoms with Crippen molar-refractivity contribution in [3.63, 3.8) is 0 Å². The first-order chi connectivity index (χ1) is 7.18. The molecule has 6 nitrogen and oxygen atoms in total. The van der Waals surface area contributed by atoms with Gasteiger partial charge in [0.15, 0.2) is 0 Å². The summed E-state index contributed by atoms with van der Waals surface area (Å²) >= 11 is 0. The molecule has 0 unspecified atom stereocenters. The van der Waals surface area contributed by atoms with E-state index in [1.54, 1.807) is 0 Å². The van der Waals surface area contributed by atoms with E-state index in [0.717, 1.165) is 0 Å². The number of nitro groups is 1. The molecule has 0 radical (unpaired) electrons. The molecule has 1 aromatic carbocycles. The highest BCUT2D eigenvalue weighted by molar-refractivity contribution is 5.98. The minimum Gasteiger partial charge on any atom is -0.507 e. The normalized spacial score (nSPS) is 14.5. The van der Waals surface area contributed by atoms with E-state index in [2.05, 4.69) is 4.99 Å². The van der Waals surface area contributed by atoms with Gasteiger partial charge in [-0.3, -0.25) is 10.1 Å². The molecule has 0 spiro atoms. The zero-order chi connectivity index (χ0) is 10.8. The van der Waals surface area contributed by atoms with Crippen molar-refractivity contribution in [2.75, 3.05) is 13.2 Å². The molecule has 0 saturated heterocycles. The molecule has 1 N–H and O–H groups in total. The number of non-ortho nitro benzene ring substituents is 1. The monoisotopic (exact) mass is 208 g/mol. The fourth-order valence-corrected chi connectivity index (χ4v) is 1.31. The molecule has 15 heavy (non-hydrogen) atoms. The molecule has 0 saturated carbocycles. The Morgan fingerprint density at radius 1 is 1.53 bits per heavy atom. The molecule has 0 amide bonds. The van der Waals surface area contributed by atoms with Crippen LogP contribution < -0.4 is 0 Å². The summed E-state index contributed by atoms with van der Waals surface area (Å²) in [6.45, 7) is 0.953. The fraction of sp³-hybridized carbons (Fsp3) is 0.222. The van der Waals surface area contributed by atoms with Crippen LogP contribution in [0.5, 0.6) is 5.75 Å². The van der Waals surface area contributed by atoms with Crippen molar-refractivity contribution in [1.29, 1.82) is 0 Å². The predicted molar refractivity (Wildman–Crippen MR) is 52.1 cm³/mol. The van der Waals surface area contributed by atoms with Crippen molar-refractivity contribution in [2.24, 2.45) is 4.99 Å². The van der Waals surface area contributed by atoms with E-state index in [4.69, 9.17) is 4.74 Å². The molecule has 78 valence electrons. The van der Waals surface area contributed by atoms with E-state index in [1.165, 1.54) is 18.2 Å². The van der Waals surface area contributed by atoms with Crippen LogP contribution in [0.25, 0.3) is 0 Å². The maximum absolute atomic E-state index is 10.5. The average Bonchev–Trinajstić information content (AvgIpc) is 2.71. The molecule has 2 rings (SSSR count). The molecular weight excluding hydrogens is 200 g/mol. The third kappa shape index (κ3) is 1.74. The quantitative estimate of drug-likeness (QED) is 0.582. The lowest BCUT2D eigenvalue weighted by Crippen LogP contribution is -2.02. The molecule has 1 aliphatic rings. The molecule has 0 atom stereocenters. The van der Waals surface area contributed by atoms with Gasteiger partial charge in [-0.15, -0.1) is 0 Å². The number of rotatable bonds is 2. The highest BCUT2D eigenvalue weighted by Crippen LogP contribution is 2.24. The Balaban J connectivity index is 2.45. The first kappa shape index (κ1) is 9.45. The standard InChI is InChI=1S/C9H8N2O4/c12-8-2-1-6(11(13)14)5-7(8)9-10-3-4-15-9/h1-2,5,12H,3-4H2. The topological polar surface area (TPSA) is 85.0 Å². The van der Waals surface area contributed by atoms with Crippen molar-refractivity contribution < 1.29 is 14.8 Å². The van der Waals surface area contributed by atoms with Gasteiger partial charge in [0.25, 0.3) is 5.69 Å². The molecule has 1 heterocycles. The molecule has 1 aromatic rings. The number of ether oxygens (including phenoxy) is 1. The van der Waals surface area contributed by atoms with Crippen LogP contribution in [-0.4, -0.2) is 29.1 Å². The van der Waals surface area contributed by atoms with E-state index < -0.39 is 4.92 Å². The molecule has 0 bridgehead atoms. The first-order valence-corrected chi connectivity index (χ1v) is 4.33. The molecule has 0 fully saturated rings. The zero-order valence-corrected chi connectivity index (χ0v) is 7.71. The second-order valence-corrected chi connectivity index (χ2v) is 2.99. The Labute approximate surface area is 85.0 Å². The van der Waals surface area contributed by atoms with Gasteiger partial charge in [0.05, 0.1) is 17.0 Å². The molecule has 0 aliphatic carbocycles. The fourth-order valence-electron chi connectivity index (χ4n) is 1.31. The van der Waals surface area contributed by atoms with Gasteiger partial charge in [0, 0.05) is 12.1 Å². The van der Waals surface area contributed by atoms with E-state index in [9.17, 15) is 15.2 Å². The summed E-state index contributed by atoms with van der Waals surface area (Å²) in [5, 5.41) is 20.0. The molecule has 0 aromatic heterocycles. The maximum atomic E-state index is 10.5. The van der Waals surface area contributed by atoms with E-state index in [-0.39, 0.29) is 22.9 Å². The van der Waals surface area contributed by atoms with Crippen LogP contribution in [0.4, 0.5) is 5.69 Å². The van der Waals surface area contributed by atoms with Gasteiger partial charge in [-0.2, -0.15) is 0 Å². The summed E-state index contributed by atoms with van der Waals surface area (Å²) in [5.41, 5.74) is 0.169. The van der Waals surface area contributed by atoms with Crippen LogP contribution >= 0.6 is 0 Å². The SMILES string of the molecule is O=[N+]([O-])c1ccc(O)c(C2=NCCO2)c1. The number of nitrogens with zero attached hydrogens (tertiary/aromatic N) is 2. The predicted octanol–water partition coefficient (Wildman–Crippen LogP) is 1.08. The Hall–Kier alpha value is -2.11. The molecule has 1 aliphatic heterocycles. The zero-order valence-electron chi connectivity index (χ0n) is 7.71. The Morgan fingerprint density at radius 2 is 2.33 bits per heavy atom. The van der Waals surface area contributed by atoms with Gasteiger partial charge in [0.2, 0.25) is 5.90 Å². The lowest BCUT2D eigenvalue weighted by Gasteiger charge is -2.03. The van der Waals surface area contributed by atoms with Gasteiger partial charge >= 0.3 is 0 Å². The summed E-state index contributed by atoms with van der Waals surface area (Å²) < 4.78 is 5.12. The molecule has 6 heteroatoms. The summed E-state index contributed by atoms with van der Waals surface area (Å²) in [6, 6.07) is 3.74. The van der Waals surface area contributed by atoms with E-state index in [0.29, 0.717) is 13.2 Å². The smallest absolute Gasteiger partial charge is 0.270 e. The number of aromatic hydroxyl groups is 1. The van der Waals surface area contributed by atoms with Crippen LogP contribution in [0.1, 0.15) is 5.56 Å². The summed E-state index contributed by atoms with van der Waals surface area (Å²) in [7, 11) is 0. The maximum Gasteiger partial charge on any atom is 0.270 e. The van der Waals surface area contributed by atoms with Crippen LogP contribution in [-0.2, 0) is 4.74 Å². The van der Waals surface area contributed by atoms with Crippen molar-refractivity contribution in [3.8, 4) is 5.75 Å². The lowest BCUT2D eigenvalue weighted by atomic mass is 10.2. The van der Waals surface area contributed by atoms with Crippen molar-refractivity contribution >= 4 is 11.6 Å². The number of hydrogen-bond acceptors (Lipinski definition) is 5. The number of phenols is 1. The van der Waals surface area contributed by atoms with Gasteiger partial charge in [-0.25, -0.2) is 4.99 Å². The number of benzene rings is 1. The summed E-state index contributed by atoms with van der Waals surface area (Å²) in [5.74, 6) is 0.192. The second-order valence-electron chi connectivity index (χ2n) is 2.99. The second kappa shape index (κ2) is 3.56. The molecular formula is C9H8N2O4. The third-order valence-corrected chi connectivity index (χ3v) is 2.01. The number of phenolic OH excluding ortho intramolecular Hbond substituents is 1. The largest absolute Gasteiger partial charge is 0.507 e. The number of hydrogen-bond donors (Lipinski definition) is 1. The van der Waals surface area contributed by atoms with Crippen molar-refractivity contribution in [3.05, 3.63) is 33.9 Å². The first-order valence-electron chi connectivity index (χ1n) is 4.33. The van der Waals surface area contributed by atoms with Gasteiger partial charge in [0.1, 0.15) is 12.4 Å². The Bertz CT molecular complexity index is 442. The third-order valence-electron chi connectivity index (χ3n) is 2.01. The lowest BCUT2D eigenvalue weighted by molar-refractivity contribution is -0.384. The van der Waals surface area contributed by atoms with Gasteiger partial charge in [-0.1, -0.05) is 0 Å². The van der Waals surface area contributed by atoms with Crippen molar-refractivity contribution in [2.45, 2.75) is 0 Å². The van der Waals surface area contributed by atoms with Crippen LogP contribution in [0.3, 0.4) is 0 Å². The van der Waals surface area contributed by atoms with Gasteiger partial charge < -0.3 is 9.84 Å². The van der Waals surface area contributed by atoms with Crippen LogP contribution in [0.15, 0.2) is 23.2 Å². The van der Waals surface area contributed by atoms with Crippen molar-refractivity contribution in [1.82, 2.24) is 0 Å². The van der Waals surface area contributed by atoms with E-state index in [1.807, 2.05) is 0 Å². The highest BCUT2D eigenvalue weighted by atomic mass is 16.6. The Kier molecular flexibility index (Phi) is 2.24. The summed E-state index contributed by atoms with van der Waals surface area (Å²) in [6.07, 6.45) is 0. The minimum atomic E-state index is -0.529. The summed E-state index contributed by atoms with van der Waals surface area (Å²) in [4.78, 5) is 14.0. The number of nitro benzene ring substituents is 1.